The van der Waals surface area contributed by atoms with E-state index in [9.17, 15) is 14.4 Å². The van der Waals surface area contributed by atoms with Gasteiger partial charge in [0.1, 0.15) is 6.54 Å². The number of carboxylic acids is 1. The fraction of sp³-hybridized carbons (Fsp3) is 0.786. The van der Waals surface area contributed by atoms with Crippen molar-refractivity contribution in [1.82, 2.24) is 10.2 Å². The van der Waals surface area contributed by atoms with Gasteiger partial charge < -0.3 is 21.1 Å². The number of nitrogens with one attached hydrogen (secondary N) is 1. The van der Waals surface area contributed by atoms with Gasteiger partial charge in [-0.15, -0.1) is 0 Å². The van der Waals surface area contributed by atoms with E-state index in [4.69, 9.17) is 10.8 Å². The van der Waals surface area contributed by atoms with Crippen LogP contribution in [0.1, 0.15) is 34.1 Å². The fourth-order valence-corrected chi connectivity index (χ4v) is 2.01. The Kier molecular flexibility index (Phi) is 8.42. The van der Waals surface area contributed by atoms with Crippen LogP contribution in [0.4, 0.5) is 4.79 Å². The summed E-state index contributed by atoms with van der Waals surface area (Å²) < 4.78 is 0. The van der Waals surface area contributed by atoms with Crippen LogP contribution >= 0.6 is 0 Å². The topological polar surface area (TPSA) is 113 Å². The van der Waals surface area contributed by atoms with E-state index in [1.165, 1.54) is 4.90 Å². The van der Waals surface area contributed by atoms with Crippen LogP contribution in [0.5, 0.6) is 0 Å². The van der Waals surface area contributed by atoms with E-state index < -0.39 is 23.8 Å². The van der Waals surface area contributed by atoms with Gasteiger partial charge >= 0.3 is 12.0 Å². The van der Waals surface area contributed by atoms with Crippen molar-refractivity contribution in [3.8, 4) is 0 Å². The molecule has 0 saturated heterocycles. The van der Waals surface area contributed by atoms with Crippen molar-refractivity contribution in [1.29, 1.82) is 0 Å². The van der Waals surface area contributed by atoms with Crippen LogP contribution in [-0.4, -0.2) is 47.5 Å². The highest BCUT2D eigenvalue weighted by Crippen LogP contribution is 2.11. The number of carbonyl (C=O) groups is 3. The molecular formula is C14H27N3O4. The van der Waals surface area contributed by atoms with Gasteiger partial charge in [0.2, 0.25) is 5.91 Å². The van der Waals surface area contributed by atoms with Crippen LogP contribution in [-0.2, 0) is 9.59 Å². The number of amides is 3. The maximum atomic E-state index is 12.0. The third-order valence-electron chi connectivity index (χ3n) is 2.82. The molecule has 0 aromatic rings. The Hall–Kier alpha value is -1.79. The van der Waals surface area contributed by atoms with Crippen LogP contribution in [0.15, 0.2) is 0 Å². The molecule has 0 saturated carbocycles. The first-order valence-corrected chi connectivity index (χ1v) is 7.17. The van der Waals surface area contributed by atoms with Gasteiger partial charge in [-0.2, -0.15) is 0 Å². The van der Waals surface area contributed by atoms with E-state index in [0.717, 1.165) is 0 Å². The number of carboxylic acid groups (broad SMARTS) is 1. The Morgan fingerprint density at radius 3 is 2.10 bits per heavy atom. The van der Waals surface area contributed by atoms with Crippen molar-refractivity contribution < 1.29 is 19.5 Å². The molecule has 0 spiro atoms. The van der Waals surface area contributed by atoms with Crippen LogP contribution < -0.4 is 11.1 Å². The molecule has 4 N–H and O–H groups in total. The summed E-state index contributed by atoms with van der Waals surface area (Å²) in [6.07, 6.45) is 0.482. The van der Waals surface area contributed by atoms with E-state index in [-0.39, 0.29) is 24.9 Å². The highest BCUT2D eigenvalue weighted by atomic mass is 16.4. The van der Waals surface area contributed by atoms with Crippen molar-refractivity contribution in [2.45, 2.75) is 34.1 Å². The number of hydrogen-bond donors (Lipinski definition) is 3. The molecule has 0 fully saturated rings. The first kappa shape index (κ1) is 19.2. The maximum absolute atomic E-state index is 12.0. The van der Waals surface area contributed by atoms with E-state index in [1.807, 2.05) is 27.7 Å². The van der Waals surface area contributed by atoms with Gasteiger partial charge in [0.05, 0.1) is 5.92 Å². The standard InChI is InChI=1S/C14H27N3O4/c1-9(2)5-11(13(19)20)6-16-14(21)17(7-10(3)4)8-12(15)18/h9-11H,5-8H2,1-4H3,(H2,15,18)(H,16,21)(H,19,20). The molecule has 0 rings (SSSR count). The van der Waals surface area contributed by atoms with Crippen molar-refractivity contribution in [2.24, 2.45) is 23.5 Å². The summed E-state index contributed by atoms with van der Waals surface area (Å²) in [5, 5.41) is 11.7. The quantitative estimate of drug-likeness (QED) is 0.587. The lowest BCUT2D eigenvalue weighted by Crippen LogP contribution is -2.47. The molecule has 0 radical (unpaired) electrons. The fourth-order valence-electron chi connectivity index (χ4n) is 2.01. The zero-order valence-corrected chi connectivity index (χ0v) is 13.3. The number of aliphatic carboxylic acids is 1. The van der Waals surface area contributed by atoms with Gasteiger partial charge in [0.15, 0.2) is 0 Å². The molecule has 21 heavy (non-hydrogen) atoms. The number of urea groups is 1. The highest BCUT2D eigenvalue weighted by molar-refractivity contribution is 5.83. The molecule has 0 aromatic carbocycles. The first-order chi connectivity index (χ1) is 9.63. The van der Waals surface area contributed by atoms with Crippen LogP contribution in [0, 0.1) is 17.8 Å². The lowest BCUT2D eigenvalue weighted by molar-refractivity contribution is -0.142. The summed E-state index contributed by atoms with van der Waals surface area (Å²) in [5.41, 5.74) is 5.12. The first-order valence-electron chi connectivity index (χ1n) is 7.17. The number of primary amides is 1. The Morgan fingerprint density at radius 1 is 1.14 bits per heavy atom. The van der Waals surface area contributed by atoms with Gasteiger partial charge in [-0.25, -0.2) is 4.79 Å². The predicted octanol–water partition coefficient (Wildman–Crippen LogP) is 0.886. The lowest BCUT2D eigenvalue weighted by atomic mass is 9.97. The monoisotopic (exact) mass is 301 g/mol. The Labute approximate surface area is 125 Å². The lowest BCUT2D eigenvalue weighted by Gasteiger charge is -2.24. The van der Waals surface area contributed by atoms with Crippen LogP contribution in [0.25, 0.3) is 0 Å². The molecular weight excluding hydrogens is 274 g/mol. The summed E-state index contributed by atoms with van der Waals surface area (Å²) in [6, 6.07) is -0.461. The normalized spacial score (nSPS) is 12.3. The van der Waals surface area contributed by atoms with Gasteiger partial charge in [-0.3, -0.25) is 9.59 Å². The van der Waals surface area contributed by atoms with E-state index in [0.29, 0.717) is 13.0 Å². The Bertz CT molecular complexity index is 369. The van der Waals surface area contributed by atoms with E-state index >= 15 is 0 Å². The van der Waals surface area contributed by atoms with Crippen molar-refractivity contribution in [3.63, 3.8) is 0 Å². The minimum atomic E-state index is -0.936. The summed E-state index contributed by atoms with van der Waals surface area (Å²) in [5.74, 6) is -1.76. The molecule has 7 nitrogen and oxygen atoms in total. The molecule has 0 aliphatic heterocycles. The molecule has 7 heteroatoms. The third kappa shape index (κ3) is 8.88. The van der Waals surface area contributed by atoms with Gasteiger partial charge in [-0.1, -0.05) is 27.7 Å². The summed E-state index contributed by atoms with van der Waals surface area (Å²) in [4.78, 5) is 35.5. The molecule has 1 atom stereocenters. The van der Waals surface area contributed by atoms with E-state index in [2.05, 4.69) is 5.32 Å². The molecule has 1 unspecified atom stereocenters. The molecule has 0 bridgehead atoms. The van der Waals surface area contributed by atoms with Gasteiger partial charge in [-0.05, 0) is 18.3 Å². The average molecular weight is 301 g/mol. The summed E-state index contributed by atoms with van der Waals surface area (Å²) in [7, 11) is 0. The number of nitrogens with zero attached hydrogens (tertiary/aromatic N) is 1. The molecule has 0 aromatic heterocycles. The smallest absolute Gasteiger partial charge is 0.317 e. The summed E-state index contributed by atoms with van der Waals surface area (Å²) >= 11 is 0. The maximum Gasteiger partial charge on any atom is 0.317 e. The molecule has 3 amide bonds. The number of hydrogen-bond acceptors (Lipinski definition) is 3. The highest BCUT2D eigenvalue weighted by Gasteiger charge is 2.22. The second kappa shape index (κ2) is 9.20. The van der Waals surface area contributed by atoms with E-state index in [1.54, 1.807) is 0 Å². The zero-order valence-electron chi connectivity index (χ0n) is 13.3. The molecule has 0 aliphatic rings. The molecule has 0 aliphatic carbocycles. The van der Waals surface area contributed by atoms with Crippen molar-refractivity contribution >= 4 is 17.9 Å². The van der Waals surface area contributed by atoms with Gasteiger partial charge in [0, 0.05) is 13.1 Å². The average Bonchev–Trinajstić information content (AvgIpc) is 2.31. The second-order valence-electron chi connectivity index (χ2n) is 6.09. The summed E-state index contributed by atoms with van der Waals surface area (Å²) in [6.45, 7) is 7.94. The number of nitrogens with two attached hydrogens (primary N) is 1. The minimum absolute atomic E-state index is 0.0414. The largest absolute Gasteiger partial charge is 0.481 e. The minimum Gasteiger partial charge on any atom is -0.481 e. The molecule has 0 heterocycles. The number of rotatable bonds is 9. The number of carbonyl (C=O) groups excluding carboxylic acids is 2. The predicted molar refractivity (Wildman–Crippen MR) is 79.6 cm³/mol. The Morgan fingerprint density at radius 2 is 1.71 bits per heavy atom. The second-order valence-corrected chi connectivity index (χ2v) is 6.09. The SMILES string of the molecule is CC(C)CC(CNC(=O)N(CC(N)=O)CC(C)C)C(=O)O. The van der Waals surface area contributed by atoms with Crippen molar-refractivity contribution in [3.05, 3.63) is 0 Å². The molecule has 122 valence electrons. The van der Waals surface area contributed by atoms with Crippen molar-refractivity contribution in [2.75, 3.05) is 19.6 Å². The third-order valence-corrected chi connectivity index (χ3v) is 2.82. The Balaban J connectivity index is 4.58. The van der Waals surface area contributed by atoms with Crippen LogP contribution in [0.2, 0.25) is 0 Å². The van der Waals surface area contributed by atoms with Gasteiger partial charge in [0.25, 0.3) is 0 Å². The van der Waals surface area contributed by atoms with Crippen LogP contribution in [0.3, 0.4) is 0 Å². The zero-order chi connectivity index (χ0) is 16.6.